The number of hydrogen-bond donors (Lipinski definition) is 22. The van der Waals surface area contributed by atoms with Gasteiger partial charge in [-0.15, -0.1) is 0 Å². The Morgan fingerprint density at radius 2 is 0.804 bits per heavy atom. The predicted octanol–water partition coefficient (Wildman–Crippen LogP) is -2.52. The van der Waals surface area contributed by atoms with E-state index in [0.29, 0.717) is 33.8 Å². The summed E-state index contributed by atoms with van der Waals surface area (Å²) in [6, 6.07) is 11.6. The van der Waals surface area contributed by atoms with Crippen molar-refractivity contribution in [2.45, 2.75) is 158 Å². The molecule has 7 atom stereocenters. The van der Waals surface area contributed by atoms with Gasteiger partial charge in [0.15, 0.2) is 0 Å². The van der Waals surface area contributed by atoms with E-state index in [1.165, 1.54) is 52.5 Å². The van der Waals surface area contributed by atoms with Gasteiger partial charge in [0.25, 0.3) is 11.8 Å². The molecule has 9 rings (SSSR count). The Hall–Kier alpha value is -15.2. The Morgan fingerprint density at radius 3 is 1.25 bits per heavy atom. The molecule has 4 aromatic carbocycles. The molecule has 50 heteroatoms. The maximum absolute atomic E-state index is 14.7. The van der Waals surface area contributed by atoms with E-state index in [4.69, 9.17) is 0 Å². The van der Waals surface area contributed by atoms with Gasteiger partial charge in [0.05, 0.1) is 74.5 Å². The molecule has 138 heavy (non-hydrogen) atoms. The molecule has 0 radical (unpaired) electrons. The van der Waals surface area contributed by atoms with Crippen LogP contribution in [0.1, 0.15) is 128 Å². The number of aromatic amines is 1. The van der Waals surface area contributed by atoms with Gasteiger partial charge < -0.3 is 129 Å². The average Bonchev–Trinajstić information content (AvgIpc) is 1.66. The SMILES string of the molecule is CN(CC1Nc2ccccc2N1)C(=O)c1ccc2c(c1)CN(CCCNC(=O)CCC(NC(=O)C(CCC(=O)NC(CCC(=O)NCCCN1Cc3cc(C(=O)NCc4nc5ccccc5[nH]4)ccc3NC(CC(=O)O)C1=O)C(=O)O)NC(=O)C(CCC(=O)O)NC(=O)C(CCC(=O)O)NC(=O)CN1CCN(CC(=O)O)CCN(CC(=O)O)CCN(CC(=O)O)CC1)C(=O)O)C(=O)C(CC(=O)O)N2. The van der Waals surface area contributed by atoms with Gasteiger partial charge >= 0.3 is 53.7 Å². The van der Waals surface area contributed by atoms with Crippen molar-refractivity contribution in [1.29, 1.82) is 0 Å². The van der Waals surface area contributed by atoms with Crippen LogP contribution in [0.5, 0.6) is 0 Å². The Kier molecular flexibility index (Phi) is 40.1. The van der Waals surface area contributed by atoms with Gasteiger partial charge in [-0.05, 0) is 117 Å². The Bertz CT molecular complexity index is 5220. The van der Waals surface area contributed by atoms with E-state index in [1.54, 1.807) is 31.3 Å². The number of carbonyl (C=O) groups excluding carboxylic acids is 11. The van der Waals surface area contributed by atoms with Crippen LogP contribution in [0.15, 0.2) is 84.9 Å². The third-order valence-corrected chi connectivity index (χ3v) is 23.0. The van der Waals surface area contributed by atoms with Crippen molar-refractivity contribution in [3.05, 3.63) is 113 Å². The van der Waals surface area contributed by atoms with Crippen molar-refractivity contribution in [1.82, 2.24) is 86.8 Å². The summed E-state index contributed by atoms with van der Waals surface area (Å²) < 4.78 is 0. The van der Waals surface area contributed by atoms with Crippen LogP contribution in [-0.4, -0.2) is 376 Å². The van der Waals surface area contributed by atoms with Crippen LogP contribution in [-0.2, 0) is 106 Å². The standard InChI is InChI=1S/C88H115N21O29/c1-103(45-68-96-58-10-4-5-11-59(58)97-68)84(132)51-13-15-55-53(39-51)44-109(86(134)66(93-55)41-76(120)121)29-7-27-90-70(111)22-18-64(88(137)138)102-83(131)61(100-82(130)62(20-25-74(116)117)101-81(129)60(19-24-73(114)115)98-72(113)46-104-30-32-105(47-77(122)123)34-36-107(49-79(126)127)37-35-106(33-31-104)48-78(124)125)16-23-71(112)99-63(87(135)136)17-21-69(110)89-26-6-28-108-43-52-38-50(12-14-54(52)92-65(85(108)133)40-75(118)119)80(128)91-42-67-94-56-8-2-3-9-57(56)95-67/h2-5,8-15,38-39,60-66,68,92-93,96-97H,6-7,16-37,40-49H2,1H3,(H,89,110)(H,90,111)(H,91,128)(H,94,95)(H,98,113)(H,99,112)(H,100,130)(H,101,129)(H,102,131)(H,114,115)(H,116,117)(H,118,119)(H,120,121)(H,122,123)(H,124,125)(H,126,127)(H,135,136)(H,137,138). The number of carboxylic acid groups (broad SMARTS) is 9. The second-order valence-corrected chi connectivity index (χ2v) is 33.6. The van der Waals surface area contributed by atoms with Gasteiger partial charge in [-0.25, -0.2) is 14.6 Å². The summed E-state index contributed by atoms with van der Waals surface area (Å²) in [6.45, 7) is -2.81. The molecular weight excluding hydrogens is 1820 g/mol. The van der Waals surface area contributed by atoms with Gasteiger partial charge in [0, 0.05) is 153 Å². The minimum absolute atomic E-state index is 0.00146. The number of hydrogen-bond acceptors (Lipinski definition) is 29. The summed E-state index contributed by atoms with van der Waals surface area (Å²) in [7, 11) is 1.61. The molecule has 7 unspecified atom stereocenters. The number of imidazole rings is 1. The number of carboxylic acids is 9. The van der Waals surface area contributed by atoms with Crippen LogP contribution in [0.3, 0.4) is 0 Å². The van der Waals surface area contributed by atoms with Crippen molar-refractivity contribution in [3.63, 3.8) is 0 Å². The van der Waals surface area contributed by atoms with Crippen LogP contribution < -0.4 is 63.8 Å². The lowest BCUT2D eigenvalue weighted by atomic mass is 10.0. The smallest absolute Gasteiger partial charge is 0.326 e. The number of H-pyrrole nitrogens is 1. The third-order valence-electron chi connectivity index (χ3n) is 23.0. The molecular formula is C88H115N21O29. The van der Waals surface area contributed by atoms with Crippen molar-refractivity contribution < 1.29 is 142 Å². The van der Waals surface area contributed by atoms with E-state index in [2.05, 4.69) is 73.8 Å². The van der Waals surface area contributed by atoms with E-state index >= 15 is 0 Å². The van der Waals surface area contributed by atoms with E-state index < -0.39 is 258 Å². The molecule has 746 valence electrons. The summed E-state index contributed by atoms with van der Waals surface area (Å²) in [5, 5.41) is 121. The number of amides is 11. The Morgan fingerprint density at radius 1 is 0.413 bits per heavy atom. The number of anilines is 4. The largest absolute Gasteiger partial charge is 0.481 e. The van der Waals surface area contributed by atoms with Crippen molar-refractivity contribution in [2.75, 3.05) is 140 Å². The van der Waals surface area contributed by atoms with Crippen LogP contribution in [0, 0.1) is 0 Å². The van der Waals surface area contributed by atoms with Crippen LogP contribution in [0.4, 0.5) is 22.7 Å². The lowest BCUT2D eigenvalue weighted by Crippen LogP contribution is -2.58. The first kappa shape index (κ1) is 106. The van der Waals surface area contributed by atoms with Gasteiger partial charge in [0.2, 0.25) is 53.2 Å². The zero-order valence-electron chi connectivity index (χ0n) is 75.5. The van der Waals surface area contributed by atoms with E-state index in [9.17, 15) is 142 Å². The van der Waals surface area contributed by atoms with Crippen molar-refractivity contribution in [2.24, 2.45) is 0 Å². The number of aromatic nitrogens is 2. The number of nitrogens with zero attached hydrogens (tertiary/aromatic N) is 8. The normalized spacial score (nSPS) is 16.6. The fourth-order valence-electron chi connectivity index (χ4n) is 15.9. The number of fused-ring (bicyclic) bond motifs is 4. The molecule has 11 amide bonds. The zero-order chi connectivity index (χ0) is 100. The molecule has 5 heterocycles. The van der Waals surface area contributed by atoms with Gasteiger partial charge in [0.1, 0.15) is 54.3 Å². The highest BCUT2D eigenvalue weighted by atomic mass is 16.4. The molecule has 22 N–H and O–H groups in total. The number of carbonyl (C=O) groups is 20. The quantitative estimate of drug-likeness (QED) is 0.0179. The summed E-state index contributed by atoms with van der Waals surface area (Å²) in [5.41, 5.74) is 5.29. The lowest BCUT2D eigenvalue weighted by Gasteiger charge is -2.33. The molecule has 4 aliphatic rings. The maximum atomic E-state index is 14.7. The van der Waals surface area contributed by atoms with Crippen LogP contribution in [0.25, 0.3) is 11.0 Å². The summed E-state index contributed by atoms with van der Waals surface area (Å²) >= 11 is 0. The molecule has 0 bridgehead atoms. The molecule has 4 aliphatic heterocycles. The van der Waals surface area contributed by atoms with Crippen LogP contribution in [0.2, 0.25) is 0 Å². The van der Waals surface area contributed by atoms with Crippen LogP contribution >= 0.6 is 0 Å². The van der Waals surface area contributed by atoms with Crippen molar-refractivity contribution >= 4 is 152 Å². The topological polar surface area (TPSA) is 719 Å². The first-order valence-corrected chi connectivity index (χ1v) is 44.6. The fourth-order valence-corrected chi connectivity index (χ4v) is 15.9. The molecule has 1 saturated heterocycles. The number of benzene rings is 4. The number of para-hydroxylation sites is 4. The highest BCUT2D eigenvalue weighted by molar-refractivity contribution is 5.99. The van der Waals surface area contributed by atoms with Gasteiger partial charge in [-0.3, -0.25) is 106 Å². The van der Waals surface area contributed by atoms with E-state index in [1.807, 2.05) is 42.5 Å². The molecule has 0 spiro atoms. The molecule has 0 saturated carbocycles. The maximum Gasteiger partial charge on any atom is 0.326 e. The molecule has 1 fully saturated rings. The molecule has 0 aliphatic carbocycles. The monoisotopic (exact) mass is 1930 g/mol. The number of aliphatic carboxylic acids is 9. The minimum atomic E-state index is -2.10. The number of rotatable bonds is 51. The Balaban J connectivity index is 0.857. The highest BCUT2D eigenvalue weighted by Crippen LogP contribution is 2.31. The summed E-state index contributed by atoms with van der Waals surface area (Å²) in [6.07, 6.45) is -9.10. The second-order valence-electron chi connectivity index (χ2n) is 33.6. The molecule has 50 nitrogen and oxygen atoms in total. The van der Waals surface area contributed by atoms with E-state index in [0.717, 1.165) is 16.9 Å². The first-order valence-electron chi connectivity index (χ1n) is 44.6. The highest BCUT2D eigenvalue weighted by Gasteiger charge is 2.38. The second kappa shape index (κ2) is 52.0. The molecule has 5 aromatic rings. The average molecular weight is 1930 g/mol. The Labute approximate surface area is 788 Å². The minimum Gasteiger partial charge on any atom is -0.481 e. The third kappa shape index (κ3) is 34.3. The predicted molar refractivity (Wildman–Crippen MR) is 485 cm³/mol. The molecule has 1 aromatic heterocycles. The lowest BCUT2D eigenvalue weighted by molar-refractivity contribution is -0.143. The van der Waals surface area contributed by atoms with Crippen molar-refractivity contribution in [3.8, 4) is 0 Å². The van der Waals surface area contributed by atoms with E-state index in [-0.39, 0.29) is 141 Å². The summed E-state index contributed by atoms with van der Waals surface area (Å²) in [4.78, 5) is 281. The fraction of sp³-hybridized carbons (Fsp3) is 0.489. The number of nitrogens with one attached hydrogen (secondary N) is 13. The van der Waals surface area contributed by atoms with Gasteiger partial charge in [-0.2, -0.15) is 0 Å². The number of likely N-dealkylation sites (N-methyl/N-ethyl adjacent to an activating group) is 1. The van der Waals surface area contributed by atoms with Gasteiger partial charge in [-0.1, -0.05) is 24.3 Å². The summed E-state index contributed by atoms with van der Waals surface area (Å²) in [5.74, 6) is -22.3. The zero-order valence-corrected chi connectivity index (χ0v) is 75.5. The first-order chi connectivity index (χ1) is 65.7.